The fraction of sp³-hybridized carbons (Fsp3) is 0.294. The average Bonchev–Trinajstić information content (AvgIpc) is 3.13. The van der Waals surface area contributed by atoms with Crippen molar-refractivity contribution in [3.63, 3.8) is 0 Å². The number of carbonyl (C=O) groups is 1. The molecule has 5 heteroatoms. The molecule has 1 aromatic carbocycles. The minimum Gasteiger partial charge on any atom is -0.354 e. The summed E-state index contributed by atoms with van der Waals surface area (Å²) in [5.74, 6) is 0.0462. The zero-order valence-corrected chi connectivity index (χ0v) is 12.7. The number of benzene rings is 1. The summed E-state index contributed by atoms with van der Waals surface area (Å²) < 4.78 is 3.92. The molecule has 3 aromatic rings. The lowest BCUT2D eigenvalue weighted by Crippen LogP contribution is -2.29. The number of amides is 1. The Morgan fingerprint density at radius 2 is 2.14 bits per heavy atom. The Morgan fingerprint density at radius 1 is 1.27 bits per heavy atom. The van der Waals surface area contributed by atoms with Gasteiger partial charge in [0.15, 0.2) is 0 Å². The van der Waals surface area contributed by atoms with Gasteiger partial charge >= 0.3 is 0 Å². The molecule has 0 fully saturated rings. The van der Waals surface area contributed by atoms with Crippen molar-refractivity contribution in [3.8, 4) is 0 Å². The van der Waals surface area contributed by atoms with Crippen LogP contribution in [0.5, 0.6) is 0 Å². The summed E-state index contributed by atoms with van der Waals surface area (Å²) in [5, 5.41) is 8.29. The van der Waals surface area contributed by atoms with E-state index in [2.05, 4.69) is 27.1 Å². The van der Waals surface area contributed by atoms with Crippen molar-refractivity contribution in [2.45, 2.75) is 26.4 Å². The smallest absolute Gasteiger partial charge is 0.239 e. The maximum Gasteiger partial charge on any atom is 0.239 e. The number of aryl methyl sites for hydroxylation is 2. The molecule has 2 heterocycles. The van der Waals surface area contributed by atoms with Crippen molar-refractivity contribution in [1.29, 1.82) is 0 Å². The number of hydrogen-bond donors (Lipinski definition) is 1. The van der Waals surface area contributed by atoms with Crippen LogP contribution in [0.25, 0.3) is 10.9 Å². The Hall–Kier alpha value is -2.56. The van der Waals surface area contributed by atoms with Gasteiger partial charge in [0, 0.05) is 36.7 Å². The average molecular weight is 296 g/mol. The second-order valence-electron chi connectivity index (χ2n) is 5.40. The van der Waals surface area contributed by atoms with Gasteiger partial charge in [0.1, 0.15) is 6.54 Å². The third-order valence-electron chi connectivity index (χ3n) is 3.76. The van der Waals surface area contributed by atoms with Crippen molar-refractivity contribution in [2.75, 3.05) is 6.54 Å². The highest BCUT2D eigenvalue weighted by Crippen LogP contribution is 2.18. The van der Waals surface area contributed by atoms with Gasteiger partial charge in [0.25, 0.3) is 0 Å². The highest BCUT2D eigenvalue weighted by Gasteiger charge is 2.08. The van der Waals surface area contributed by atoms with Crippen LogP contribution in [0.1, 0.15) is 12.1 Å². The first-order valence-electron chi connectivity index (χ1n) is 7.53. The van der Waals surface area contributed by atoms with Crippen LogP contribution in [0.4, 0.5) is 0 Å². The first-order valence-corrected chi connectivity index (χ1v) is 7.53. The molecule has 1 N–H and O–H groups in total. The van der Waals surface area contributed by atoms with Crippen LogP contribution in [0, 0.1) is 6.92 Å². The Kier molecular flexibility index (Phi) is 4.23. The number of carbonyl (C=O) groups excluding carboxylic acids is 1. The Labute approximate surface area is 129 Å². The van der Waals surface area contributed by atoms with Gasteiger partial charge in [0.05, 0.1) is 0 Å². The molecule has 0 unspecified atom stereocenters. The number of fused-ring (bicyclic) bond motifs is 1. The minimum atomic E-state index is 0.0462. The first-order chi connectivity index (χ1) is 10.7. The predicted molar refractivity (Wildman–Crippen MR) is 86.5 cm³/mol. The molecule has 5 nitrogen and oxygen atoms in total. The highest BCUT2D eigenvalue weighted by atomic mass is 16.1. The molecule has 22 heavy (non-hydrogen) atoms. The largest absolute Gasteiger partial charge is 0.354 e. The van der Waals surface area contributed by atoms with Gasteiger partial charge in [-0.25, -0.2) is 0 Å². The summed E-state index contributed by atoms with van der Waals surface area (Å²) in [6.07, 6.45) is 4.56. The summed E-state index contributed by atoms with van der Waals surface area (Å²) in [5.41, 5.74) is 2.21. The Balaban J connectivity index is 1.53. The van der Waals surface area contributed by atoms with Crippen LogP contribution in [-0.2, 0) is 17.9 Å². The molecular weight excluding hydrogens is 276 g/mol. The first kappa shape index (κ1) is 14.4. The van der Waals surface area contributed by atoms with Crippen molar-refractivity contribution in [1.82, 2.24) is 19.7 Å². The van der Waals surface area contributed by atoms with Gasteiger partial charge in [-0.15, -0.1) is 0 Å². The standard InChI is InChI=1S/C17H20N4O/c1-14-12-15-6-2-3-7-16(15)21(14)13-17(22)18-8-4-10-20-11-5-9-19-20/h2-3,5-7,9,11-12H,4,8,10,13H2,1H3,(H,18,22). The second kappa shape index (κ2) is 6.47. The Morgan fingerprint density at radius 3 is 2.95 bits per heavy atom. The van der Waals surface area contributed by atoms with Gasteiger partial charge in [-0.2, -0.15) is 5.10 Å². The minimum absolute atomic E-state index is 0.0462. The van der Waals surface area contributed by atoms with Crippen molar-refractivity contribution >= 4 is 16.8 Å². The summed E-state index contributed by atoms with van der Waals surface area (Å²) in [4.78, 5) is 12.1. The number of rotatable bonds is 6. The van der Waals surface area contributed by atoms with Gasteiger partial charge in [-0.05, 0) is 36.9 Å². The van der Waals surface area contributed by atoms with Crippen LogP contribution in [0.2, 0.25) is 0 Å². The maximum atomic E-state index is 12.1. The molecule has 0 aliphatic heterocycles. The van der Waals surface area contributed by atoms with E-state index in [1.54, 1.807) is 6.20 Å². The fourth-order valence-electron chi connectivity index (χ4n) is 2.66. The number of hydrogen-bond acceptors (Lipinski definition) is 2. The van der Waals surface area contributed by atoms with E-state index < -0.39 is 0 Å². The van der Waals surface area contributed by atoms with E-state index in [-0.39, 0.29) is 5.91 Å². The van der Waals surface area contributed by atoms with Crippen molar-refractivity contribution in [3.05, 3.63) is 54.5 Å². The normalized spacial score (nSPS) is 11.0. The number of aromatic nitrogens is 3. The van der Waals surface area contributed by atoms with Crippen LogP contribution < -0.4 is 5.32 Å². The number of nitrogens with one attached hydrogen (secondary N) is 1. The summed E-state index contributed by atoms with van der Waals surface area (Å²) in [6.45, 7) is 3.88. The molecule has 0 aliphatic carbocycles. The summed E-state index contributed by atoms with van der Waals surface area (Å²) in [6, 6.07) is 12.1. The third kappa shape index (κ3) is 3.19. The van der Waals surface area contributed by atoms with E-state index in [0.717, 1.165) is 24.2 Å². The molecule has 2 aromatic heterocycles. The molecule has 0 bridgehead atoms. The molecule has 0 aliphatic rings. The molecular formula is C17H20N4O. The molecule has 0 saturated heterocycles. The van der Waals surface area contributed by atoms with Gasteiger partial charge < -0.3 is 9.88 Å². The fourth-order valence-corrected chi connectivity index (χ4v) is 2.66. The molecule has 114 valence electrons. The van der Waals surface area contributed by atoms with Crippen molar-refractivity contribution in [2.24, 2.45) is 0 Å². The molecule has 0 radical (unpaired) electrons. The van der Waals surface area contributed by atoms with E-state index in [1.807, 2.05) is 42.1 Å². The second-order valence-corrected chi connectivity index (χ2v) is 5.40. The zero-order chi connectivity index (χ0) is 15.4. The molecule has 1 amide bonds. The van der Waals surface area contributed by atoms with Crippen LogP contribution in [-0.4, -0.2) is 26.8 Å². The summed E-state index contributed by atoms with van der Waals surface area (Å²) >= 11 is 0. The monoisotopic (exact) mass is 296 g/mol. The molecule has 0 saturated carbocycles. The van der Waals surface area contributed by atoms with Crippen LogP contribution >= 0.6 is 0 Å². The molecule has 0 spiro atoms. The van der Waals surface area contributed by atoms with E-state index in [9.17, 15) is 4.79 Å². The molecule has 0 atom stereocenters. The zero-order valence-electron chi connectivity index (χ0n) is 12.7. The van der Waals surface area contributed by atoms with E-state index in [1.165, 1.54) is 5.39 Å². The topological polar surface area (TPSA) is 51.9 Å². The number of nitrogens with zero attached hydrogens (tertiary/aromatic N) is 3. The van der Waals surface area contributed by atoms with Crippen molar-refractivity contribution < 1.29 is 4.79 Å². The van der Waals surface area contributed by atoms with Gasteiger partial charge in [-0.3, -0.25) is 9.48 Å². The SMILES string of the molecule is Cc1cc2ccccc2n1CC(=O)NCCCn1cccn1. The number of para-hydroxylation sites is 1. The van der Waals surface area contributed by atoms with Gasteiger partial charge in [-0.1, -0.05) is 18.2 Å². The summed E-state index contributed by atoms with van der Waals surface area (Å²) in [7, 11) is 0. The quantitative estimate of drug-likeness (QED) is 0.710. The lowest BCUT2D eigenvalue weighted by Gasteiger charge is -2.09. The van der Waals surface area contributed by atoms with Crippen LogP contribution in [0.15, 0.2) is 48.8 Å². The lowest BCUT2D eigenvalue weighted by molar-refractivity contribution is -0.121. The van der Waals surface area contributed by atoms with Crippen LogP contribution in [0.3, 0.4) is 0 Å². The maximum absolute atomic E-state index is 12.1. The third-order valence-corrected chi connectivity index (χ3v) is 3.76. The van der Waals surface area contributed by atoms with E-state index in [0.29, 0.717) is 13.1 Å². The Bertz CT molecular complexity index is 758. The highest BCUT2D eigenvalue weighted by molar-refractivity contribution is 5.84. The lowest BCUT2D eigenvalue weighted by atomic mass is 10.2. The molecule has 3 rings (SSSR count). The predicted octanol–water partition coefficient (Wildman–Crippen LogP) is 2.35. The van der Waals surface area contributed by atoms with E-state index >= 15 is 0 Å². The van der Waals surface area contributed by atoms with Gasteiger partial charge in [0.2, 0.25) is 5.91 Å². The van der Waals surface area contributed by atoms with E-state index in [4.69, 9.17) is 0 Å².